The van der Waals surface area contributed by atoms with Gasteiger partial charge in [0, 0.05) is 11.6 Å². The molecule has 1 rings (SSSR count). The zero-order valence-electron chi connectivity index (χ0n) is 9.22. The van der Waals surface area contributed by atoms with Gasteiger partial charge in [0.1, 0.15) is 5.82 Å². The van der Waals surface area contributed by atoms with E-state index in [1.807, 2.05) is 0 Å². The van der Waals surface area contributed by atoms with Crippen LogP contribution in [0.2, 0.25) is 0 Å². The van der Waals surface area contributed by atoms with E-state index in [9.17, 15) is 14.0 Å². The summed E-state index contributed by atoms with van der Waals surface area (Å²) < 4.78 is 17.1. The number of nitrogens with zero attached hydrogens (tertiary/aromatic N) is 1. The zero-order chi connectivity index (χ0) is 12.8. The molecule has 0 bridgehead atoms. The van der Waals surface area contributed by atoms with Crippen LogP contribution in [0.4, 0.5) is 4.39 Å². The fourth-order valence-corrected chi connectivity index (χ4v) is 1.41. The van der Waals surface area contributed by atoms with Gasteiger partial charge < -0.3 is 9.84 Å². The normalized spacial score (nSPS) is 11.9. The molecule has 1 N–H and O–H groups in total. The van der Waals surface area contributed by atoms with Crippen LogP contribution in [0.15, 0.2) is 18.3 Å². The van der Waals surface area contributed by atoms with E-state index in [4.69, 9.17) is 5.11 Å². The van der Waals surface area contributed by atoms with Gasteiger partial charge in [-0.05, 0) is 12.1 Å². The molecule has 0 saturated carbocycles. The minimum absolute atomic E-state index is 0.0958. The maximum atomic E-state index is 12.7. The van der Waals surface area contributed by atoms with Crippen LogP contribution < -0.4 is 0 Å². The Hall–Kier alpha value is -1.98. The van der Waals surface area contributed by atoms with Gasteiger partial charge in [-0.2, -0.15) is 0 Å². The predicted molar refractivity (Wildman–Crippen MR) is 55.8 cm³/mol. The SMILES string of the molecule is COC(=O)CC(CC(=O)O)c1ccc(F)cn1. The van der Waals surface area contributed by atoms with Gasteiger partial charge in [0.15, 0.2) is 0 Å². The average Bonchev–Trinajstić information content (AvgIpc) is 2.28. The molecule has 0 aliphatic heterocycles. The van der Waals surface area contributed by atoms with E-state index in [0.717, 1.165) is 6.20 Å². The first-order valence-corrected chi connectivity index (χ1v) is 4.93. The van der Waals surface area contributed by atoms with Gasteiger partial charge in [0.25, 0.3) is 0 Å². The highest BCUT2D eigenvalue weighted by molar-refractivity contribution is 5.73. The lowest BCUT2D eigenvalue weighted by Crippen LogP contribution is -2.13. The van der Waals surface area contributed by atoms with Crippen LogP contribution in [-0.2, 0) is 14.3 Å². The van der Waals surface area contributed by atoms with Crippen LogP contribution in [0.3, 0.4) is 0 Å². The van der Waals surface area contributed by atoms with Crippen LogP contribution in [0.1, 0.15) is 24.5 Å². The molecule has 17 heavy (non-hydrogen) atoms. The Morgan fingerprint density at radius 1 is 1.47 bits per heavy atom. The van der Waals surface area contributed by atoms with Crippen LogP contribution in [0, 0.1) is 5.82 Å². The molecule has 0 radical (unpaired) electrons. The van der Waals surface area contributed by atoms with Crippen LogP contribution in [0.25, 0.3) is 0 Å². The molecule has 0 fully saturated rings. The van der Waals surface area contributed by atoms with Gasteiger partial charge in [-0.1, -0.05) is 0 Å². The topological polar surface area (TPSA) is 76.5 Å². The Morgan fingerprint density at radius 2 is 2.18 bits per heavy atom. The molecule has 92 valence electrons. The molecule has 1 aromatic rings. The summed E-state index contributed by atoms with van der Waals surface area (Å²) in [6.45, 7) is 0. The first kappa shape index (κ1) is 13.1. The largest absolute Gasteiger partial charge is 0.481 e. The Morgan fingerprint density at radius 3 is 2.65 bits per heavy atom. The second-order valence-electron chi connectivity index (χ2n) is 3.48. The zero-order valence-corrected chi connectivity index (χ0v) is 9.22. The van der Waals surface area contributed by atoms with Gasteiger partial charge in [0.2, 0.25) is 0 Å². The lowest BCUT2D eigenvalue weighted by molar-refractivity contribution is -0.141. The number of aliphatic carboxylic acids is 1. The number of aromatic nitrogens is 1. The van der Waals surface area contributed by atoms with E-state index in [1.165, 1.54) is 19.2 Å². The molecule has 0 spiro atoms. The highest BCUT2D eigenvalue weighted by atomic mass is 19.1. The molecule has 6 heteroatoms. The van der Waals surface area contributed by atoms with Gasteiger partial charge in [0.05, 0.1) is 26.1 Å². The first-order valence-electron chi connectivity index (χ1n) is 4.93. The molecular weight excluding hydrogens is 229 g/mol. The summed E-state index contributed by atoms with van der Waals surface area (Å²) in [5, 5.41) is 8.73. The highest BCUT2D eigenvalue weighted by Gasteiger charge is 2.20. The molecular formula is C11H12FNO4. The van der Waals surface area contributed by atoms with Crippen molar-refractivity contribution in [1.29, 1.82) is 0 Å². The van der Waals surface area contributed by atoms with Crippen molar-refractivity contribution in [2.75, 3.05) is 7.11 Å². The van der Waals surface area contributed by atoms with Gasteiger partial charge >= 0.3 is 11.9 Å². The van der Waals surface area contributed by atoms with E-state index in [-0.39, 0.29) is 12.8 Å². The summed E-state index contributed by atoms with van der Waals surface area (Å²) in [5.41, 5.74) is 0.360. The Bertz CT molecular complexity index is 404. The van der Waals surface area contributed by atoms with Crippen molar-refractivity contribution in [3.8, 4) is 0 Å². The molecule has 5 nitrogen and oxygen atoms in total. The lowest BCUT2D eigenvalue weighted by Gasteiger charge is -2.12. The van der Waals surface area contributed by atoms with Crippen LogP contribution in [-0.4, -0.2) is 29.1 Å². The second-order valence-corrected chi connectivity index (χ2v) is 3.48. The number of esters is 1. The number of ether oxygens (including phenoxy) is 1. The third-order valence-electron chi connectivity index (χ3n) is 2.23. The number of halogens is 1. The highest BCUT2D eigenvalue weighted by Crippen LogP contribution is 2.22. The number of carboxylic acids is 1. The number of pyridine rings is 1. The van der Waals surface area contributed by atoms with Crippen molar-refractivity contribution in [3.05, 3.63) is 29.8 Å². The molecule has 0 saturated heterocycles. The molecule has 1 heterocycles. The Labute approximate surface area is 97.2 Å². The van der Waals surface area contributed by atoms with Crippen molar-refractivity contribution in [2.24, 2.45) is 0 Å². The van der Waals surface area contributed by atoms with Crippen molar-refractivity contribution in [3.63, 3.8) is 0 Å². The summed E-state index contributed by atoms with van der Waals surface area (Å²) >= 11 is 0. The number of hydrogen-bond donors (Lipinski definition) is 1. The fraction of sp³-hybridized carbons (Fsp3) is 0.364. The number of hydrogen-bond acceptors (Lipinski definition) is 4. The van der Waals surface area contributed by atoms with Gasteiger partial charge in [-0.15, -0.1) is 0 Å². The summed E-state index contributed by atoms with van der Waals surface area (Å²) in [6, 6.07) is 2.54. The van der Waals surface area contributed by atoms with Crippen LogP contribution >= 0.6 is 0 Å². The maximum Gasteiger partial charge on any atom is 0.306 e. The van der Waals surface area contributed by atoms with Crippen LogP contribution in [0.5, 0.6) is 0 Å². The summed E-state index contributed by atoms with van der Waals surface area (Å²) in [7, 11) is 1.22. The first-order chi connectivity index (χ1) is 8.02. The van der Waals surface area contributed by atoms with E-state index >= 15 is 0 Å². The standard InChI is InChI=1S/C11H12FNO4/c1-17-11(16)5-7(4-10(14)15)9-3-2-8(12)6-13-9/h2-3,6-7H,4-5H2,1H3,(H,14,15). The van der Waals surface area contributed by atoms with Gasteiger partial charge in [-0.3, -0.25) is 14.6 Å². The fourth-order valence-electron chi connectivity index (χ4n) is 1.41. The summed E-state index contributed by atoms with van der Waals surface area (Å²) in [4.78, 5) is 25.6. The minimum atomic E-state index is -1.05. The van der Waals surface area contributed by atoms with E-state index in [0.29, 0.717) is 5.69 Å². The van der Waals surface area contributed by atoms with Crippen molar-refractivity contribution in [2.45, 2.75) is 18.8 Å². The maximum absolute atomic E-state index is 12.7. The van der Waals surface area contributed by atoms with E-state index in [2.05, 4.69) is 9.72 Å². The van der Waals surface area contributed by atoms with Crippen molar-refractivity contribution >= 4 is 11.9 Å². The van der Waals surface area contributed by atoms with E-state index < -0.39 is 23.7 Å². The molecule has 0 amide bonds. The Balaban J connectivity index is 2.85. The third-order valence-corrected chi connectivity index (χ3v) is 2.23. The Kier molecular flexibility index (Phi) is 4.56. The van der Waals surface area contributed by atoms with Crippen molar-refractivity contribution in [1.82, 2.24) is 4.98 Å². The predicted octanol–water partition coefficient (Wildman–Crippen LogP) is 1.34. The molecule has 1 atom stereocenters. The number of carbonyl (C=O) groups is 2. The van der Waals surface area contributed by atoms with Gasteiger partial charge in [-0.25, -0.2) is 4.39 Å². The molecule has 0 aliphatic rings. The number of carboxylic acid groups (broad SMARTS) is 1. The third kappa shape index (κ3) is 4.18. The quantitative estimate of drug-likeness (QED) is 0.787. The number of carbonyl (C=O) groups excluding carboxylic acids is 1. The molecule has 1 aromatic heterocycles. The molecule has 1 unspecified atom stereocenters. The number of rotatable bonds is 5. The molecule has 0 aromatic carbocycles. The summed E-state index contributed by atoms with van der Waals surface area (Å²) in [6.07, 6.45) is 0.636. The monoisotopic (exact) mass is 241 g/mol. The smallest absolute Gasteiger partial charge is 0.306 e. The van der Waals surface area contributed by atoms with E-state index in [1.54, 1.807) is 0 Å². The molecule has 0 aliphatic carbocycles. The minimum Gasteiger partial charge on any atom is -0.481 e. The van der Waals surface area contributed by atoms with Crippen molar-refractivity contribution < 1.29 is 23.8 Å². The second kappa shape index (κ2) is 5.93. The number of methoxy groups -OCH3 is 1. The average molecular weight is 241 g/mol. The summed E-state index contributed by atoms with van der Waals surface area (Å²) in [5.74, 6) is -2.70. The lowest BCUT2D eigenvalue weighted by atomic mass is 9.97.